The van der Waals surface area contributed by atoms with Crippen molar-refractivity contribution in [3.63, 3.8) is 0 Å². The second-order valence-electron chi connectivity index (χ2n) is 8.54. The van der Waals surface area contributed by atoms with E-state index >= 15 is 0 Å². The van der Waals surface area contributed by atoms with Gasteiger partial charge in [0.15, 0.2) is 0 Å². The number of fused-ring (bicyclic) bond motifs is 1. The van der Waals surface area contributed by atoms with Gasteiger partial charge in [0.1, 0.15) is 0 Å². The molecule has 33 heavy (non-hydrogen) atoms. The number of halogens is 1. The number of unbranched alkanes of at least 4 members (excludes halogenated alkanes) is 2. The first-order chi connectivity index (χ1) is 16.1. The molecule has 1 heterocycles. The Hall–Kier alpha value is -2.73. The quantitative estimate of drug-likeness (QED) is 0.174. The average Bonchev–Trinajstić information content (AvgIpc) is 2.85. The number of benzene rings is 3. The Morgan fingerprint density at radius 3 is 2.42 bits per heavy atom. The van der Waals surface area contributed by atoms with Crippen molar-refractivity contribution in [2.24, 2.45) is 0 Å². The summed E-state index contributed by atoms with van der Waals surface area (Å²) in [4.78, 5) is 18.7. The highest BCUT2D eigenvalue weighted by atomic mass is 127. The fourth-order valence-electron chi connectivity index (χ4n) is 4.49. The summed E-state index contributed by atoms with van der Waals surface area (Å²) in [6.45, 7) is 2.20. The van der Waals surface area contributed by atoms with Crippen molar-refractivity contribution >= 4 is 45.1 Å². The molecule has 0 radical (unpaired) electrons. The smallest absolute Gasteiger partial charge is 0.235 e. The monoisotopic (exact) mass is 548 g/mol. The van der Waals surface area contributed by atoms with Crippen LogP contribution >= 0.6 is 22.6 Å². The van der Waals surface area contributed by atoms with Crippen LogP contribution in [-0.2, 0) is 16.6 Å². The Labute approximate surface area is 209 Å². The van der Waals surface area contributed by atoms with Gasteiger partial charge in [-0.2, -0.15) is 0 Å². The molecule has 0 bridgehead atoms. The molecule has 1 atom stereocenters. The standard InChI is InChI=1S/C29H29IN2O/c1-2-3-7-19-29(24-12-5-4-6-13-24,21-22-15-17-25(30)18-16-22)28(33)32-26-14-8-10-23-11-9-20-31-27(23)26/h4-6,8-18,20H,2-3,7,19,21H2,1H3,(H,32,33). The van der Waals surface area contributed by atoms with E-state index in [0.717, 1.165) is 47.8 Å². The first kappa shape index (κ1) is 23.4. The van der Waals surface area contributed by atoms with Gasteiger partial charge in [0.05, 0.1) is 16.6 Å². The fraction of sp³-hybridized carbons (Fsp3) is 0.241. The van der Waals surface area contributed by atoms with E-state index in [1.807, 2.05) is 48.5 Å². The molecule has 1 N–H and O–H groups in total. The second-order valence-corrected chi connectivity index (χ2v) is 9.79. The summed E-state index contributed by atoms with van der Waals surface area (Å²) in [6.07, 6.45) is 6.43. The van der Waals surface area contributed by atoms with Gasteiger partial charge in [-0.25, -0.2) is 0 Å². The summed E-state index contributed by atoms with van der Waals surface area (Å²) in [6, 6.07) is 28.7. The van der Waals surface area contributed by atoms with Gasteiger partial charge in [0, 0.05) is 15.2 Å². The van der Waals surface area contributed by atoms with Crippen LogP contribution in [0.5, 0.6) is 0 Å². The number of rotatable bonds is 9. The van der Waals surface area contributed by atoms with E-state index < -0.39 is 5.41 Å². The molecule has 0 aliphatic rings. The van der Waals surface area contributed by atoms with Gasteiger partial charge in [-0.15, -0.1) is 0 Å². The van der Waals surface area contributed by atoms with Crippen LogP contribution in [0.4, 0.5) is 5.69 Å². The van der Waals surface area contributed by atoms with Crippen molar-refractivity contribution in [3.8, 4) is 0 Å². The number of hydrogen-bond acceptors (Lipinski definition) is 2. The Morgan fingerprint density at radius 1 is 0.909 bits per heavy atom. The SMILES string of the molecule is CCCCCC(Cc1ccc(I)cc1)(C(=O)Nc1cccc2cccnc12)c1ccccc1. The molecule has 1 amide bonds. The first-order valence-corrected chi connectivity index (χ1v) is 12.7. The van der Waals surface area contributed by atoms with Crippen molar-refractivity contribution in [2.75, 3.05) is 5.32 Å². The molecule has 3 nitrogen and oxygen atoms in total. The zero-order valence-corrected chi connectivity index (χ0v) is 21.1. The van der Waals surface area contributed by atoms with Crippen LogP contribution in [0.3, 0.4) is 0 Å². The summed E-state index contributed by atoms with van der Waals surface area (Å²) in [7, 11) is 0. The van der Waals surface area contributed by atoms with Crippen LogP contribution in [-0.4, -0.2) is 10.9 Å². The highest BCUT2D eigenvalue weighted by Gasteiger charge is 2.40. The Morgan fingerprint density at radius 2 is 1.67 bits per heavy atom. The number of hydrogen-bond donors (Lipinski definition) is 1. The van der Waals surface area contributed by atoms with Crippen molar-refractivity contribution in [1.29, 1.82) is 0 Å². The number of anilines is 1. The molecule has 0 saturated heterocycles. The van der Waals surface area contributed by atoms with Crippen LogP contribution in [0.1, 0.15) is 43.7 Å². The van der Waals surface area contributed by atoms with E-state index in [-0.39, 0.29) is 5.91 Å². The molecule has 0 aliphatic heterocycles. The molecule has 4 heteroatoms. The molecular formula is C29H29IN2O. The molecule has 4 rings (SSSR count). The topological polar surface area (TPSA) is 42.0 Å². The lowest BCUT2D eigenvalue weighted by atomic mass is 9.71. The third-order valence-corrected chi connectivity index (χ3v) is 6.99. The minimum Gasteiger partial charge on any atom is -0.323 e. The van der Waals surface area contributed by atoms with Gasteiger partial charge in [-0.1, -0.05) is 86.8 Å². The maximum Gasteiger partial charge on any atom is 0.235 e. The maximum absolute atomic E-state index is 14.2. The number of carbonyl (C=O) groups excluding carboxylic acids is 1. The highest BCUT2D eigenvalue weighted by molar-refractivity contribution is 14.1. The largest absolute Gasteiger partial charge is 0.323 e. The summed E-state index contributed by atoms with van der Waals surface area (Å²) in [5, 5.41) is 4.30. The lowest BCUT2D eigenvalue weighted by Gasteiger charge is -2.34. The molecular weight excluding hydrogens is 519 g/mol. The predicted molar refractivity (Wildman–Crippen MR) is 145 cm³/mol. The van der Waals surface area contributed by atoms with Crippen molar-refractivity contribution in [3.05, 3.63) is 106 Å². The van der Waals surface area contributed by atoms with E-state index in [1.54, 1.807) is 6.20 Å². The summed E-state index contributed by atoms with van der Waals surface area (Å²) >= 11 is 2.32. The van der Waals surface area contributed by atoms with E-state index in [1.165, 1.54) is 9.13 Å². The van der Waals surface area contributed by atoms with Gasteiger partial charge in [0.25, 0.3) is 0 Å². The molecule has 0 saturated carbocycles. The van der Waals surface area contributed by atoms with E-state index in [4.69, 9.17) is 0 Å². The van der Waals surface area contributed by atoms with Crippen molar-refractivity contribution < 1.29 is 4.79 Å². The van der Waals surface area contributed by atoms with Gasteiger partial charge >= 0.3 is 0 Å². The van der Waals surface area contributed by atoms with E-state index in [2.05, 4.69) is 76.2 Å². The highest BCUT2D eigenvalue weighted by Crippen LogP contribution is 2.36. The molecule has 1 aromatic heterocycles. The molecule has 0 aliphatic carbocycles. The third kappa shape index (κ3) is 5.44. The van der Waals surface area contributed by atoms with E-state index in [0.29, 0.717) is 6.42 Å². The predicted octanol–water partition coefficient (Wildman–Crippen LogP) is 7.54. The molecule has 1 unspecified atom stereocenters. The lowest BCUT2D eigenvalue weighted by Crippen LogP contribution is -2.42. The summed E-state index contributed by atoms with van der Waals surface area (Å²) in [5.41, 5.74) is 3.14. The first-order valence-electron chi connectivity index (χ1n) is 11.6. The maximum atomic E-state index is 14.2. The third-order valence-electron chi connectivity index (χ3n) is 6.27. The zero-order chi connectivity index (χ0) is 23.1. The van der Waals surface area contributed by atoms with Crippen LogP contribution in [0.15, 0.2) is 91.1 Å². The average molecular weight is 548 g/mol. The van der Waals surface area contributed by atoms with Gasteiger partial charge < -0.3 is 5.32 Å². The number of para-hydroxylation sites is 1. The number of pyridine rings is 1. The van der Waals surface area contributed by atoms with Gasteiger partial charge in [0.2, 0.25) is 5.91 Å². The van der Waals surface area contributed by atoms with Crippen LogP contribution in [0, 0.1) is 3.57 Å². The minimum atomic E-state index is -0.667. The van der Waals surface area contributed by atoms with Gasteiger partial charge in [-0.3, -0.25) is 9.78 Å². The van der Waals surface area contributed by atoms with Crippen LogP contribution < -0.4 is 5.32 Å². The Bertz CT molecular complexity index is 1200. The van der Waals surface area contributed by atoms with Crippen LogP contribution in [0.2, 0.25) is 0 Å². The lowest BCUT2D eigenvalue weighted by molar-refractivity contribution is -0.122. The number of amides is 1. The molecule has 168 valence electrons. The van der Waals surface area contributed by atoms with Crippen LogP contribution in [0.25, 0.3) is 10.9 Å². The summed E-state index contributed by atoms with van der Waals surface area (Å²) < 4.78 is 1.19. The molecule has 4 aromatic rings. The van der Waals surface area contributed by atoms with Crippen molar-refractivity contribution in [1.82, 2.24) is 4.98 Å². The fourth-order valence-corrected chi connectivity index (χ4v) is 4.85. The second kappa shape index (κ2) is 10.9. The molecule has 0 spiro atoms. The number of nitrogens with zero attached hydrogens (tertiary/aromatic N) is 1. The normalized spacial score (nSPS) is 12.9. The number of nitrogens with one attached hydrogen (secondary N) is 1. The van der Waals surface area contributed by atoms with Gasteiger partial charge in [-0.05, 0) is 70.8 Å². The number of carbonyl (C=O) groups is 1. The Kier molecular flexibility index (Phi) is 7.76. The number of aromatic nitrogens is 1. The molecule has 3 aromatic carbocycles. The molecule has 0 fully saturated rings. The Balaban J connectivity index is 1.78. The summed E-state index contributed by atoms with van der Waals surface area (Å²) in [5.74, 6) is 0.0292. The minimum absolute atomic E-state index is 0.0292. The zero-order valence-electron chi connectivity index (χ0n) is 18.9. The van der Waals surface area contributed by atoms with Crippen molar-refractivity contribution in [2.45, 2.75) is 44.4 Å². The van der Waals surface area contributed by atoms with E-state index in [9.17, 15) is 4.79 Å².